The van der Waals surface area contributed by atoms with E-state index in [2.05, 4.69) is 10.00 Å². The smallest absolute Gasteiger partial charge is 0.123 e. The molecule has 3 rings (SSSR count). The lowest BCUT2D eigenvalue weighted by molar-refractivity contribution is -0.0517. The minimum absolute atomic E-state index is 0.0540. The van der Waals surface area contributed by atoms with E-state index in [0.717, 1.165) is 18.7 Å². The SMILES string of the molecule is Cc1cnn(CC2CN(CC(O)COc3ccc(F)cc3)CCO2)c1. The van der Waals surface area contributed by atoms with Gasteiger partial charge in [-0.2, -0.15) is 5.10 Å². The fourth-order valence-electron chi connectivity index (χ4n) is 2.91. The summed E-state index contributed by atoms with van der Waals surface area (Å²) in [5.41, 5.74) is 1.13. The Balaban J connectivity index is 1.42. The van der Waals surface area contributed by atoms with Gasteiger partial charge in [0.2, 0.25) is 0 Å². The molecule has 1 aromatic heterocycles. The van der Waals surface area contributed by atoms with E-state index in [0.29, 0.717) is 25.4 Å². The molecule has 1 aromatic carbocycles. The van der Waals surface area contributed by atoms with Gasteiger partial charge >= 0.3 is 0 Å². The summed E-state index contributed by atoms with van der Waals surface area (Å²) in [6, 6.07) is 5.79. The van der Waals surface area contributed by atoms with Crippen LogP contribution in [0.3, 0.4) is 0 Å². The molecule has 1 aliphatic rings. The molecule has 136 valence electrons. The molecule has 2 heterocycles. The summed E-state index contributed by atoms with van der Waals surface area (Å²) >= 11 is 0. The van der Waals surface area contributed by atoms with Gasteiger partial charge in [-0.3, -0.25) is 9.58 Å². The van der Waals surface area contributed by atoms with E-state index < -0.39 is 6.10 Å². The molecule has 0 radical (unpaired) electrons. The first-order valence-electron chi connectivity index (χ1n) is 8.48. The second kappa shape index (κ2) is 8.42. The fraction of sp³-hybridized carbons (Fsp3) is 0.500. The van der Waals surface area contributed by atoms with Gasteiger partial charge in [-0.25, -0.2) is 4.39 Å². The zero-order valence-electron chi connectivity index (χ0n) is 14.3. The van der Waals surface area contributed by atoms with Gasteiger partial charge in [-0.1, -0.05) is 0 Å². The van der Waals surface area contributed by atoms with E-state index >= 15 is 0 Å². The number of nitrogens with zero attached hydrogens (tertiary/aromatic N) is 3. The number of benzene rings is 1. The zero-order valence-corrected chi connectivity index (χ0v) is 14.3. The number of ether oxygens (including phenoxy) is 2. The van der Waals surface area contributed by atoms with Crippen LogP contribution in [-0.4, -0.2) is 64.8 Å². The molecule has 6 nitrogen and oxygen atoms in total. The highest BCUT2D eigenvalue weighted by Gasteiger charge is 2.23. The van der Waals surface area contributed by atoms with Crippen molar-refractivity contribution in [3.8, 4) is 5.75 Å². The first-order chi connectivity index (χ1) is 12.1. The molecule has 0 amide bonds. The predicted molar refractivity (Wildman–Crippen MR) is 91.0 cm³/mol. The van der Waals surface area contributed by atoms with E-state index in [1.807, 2.05) is 24.0 Å². The molecule has 1 aliphatic heterocycles. The average molecular weight is 349 g/mol. The van der Waals surface area contributed by atoms with Crippen molar-refractivity contribution in [1.29, 1.82) is 0 Å². The molecule has 0 spiro atoms. The van der Waals surface area contributed by atoms with Gasteiger partial charge in [-0.05, 0) is 36.8 Å². The molecular formula is C18H24FN3O3. The number of aryl methyl sites for hydroxylation is 1. The number of hydrogen-bond donors (Lipinski definition) is 1. The molecule has 7 heteroatoms. The molecule has 0 aliphatic carbocycles. The number of rotatable bonds is 7. The number of morpholine rings is 1. The molecule has 0 saturated carbocycles. The Morgan fingerprint density at radius 3 is 2.92 bits per heavy atom. The summed E-state index contributed by atoms with van der Waals surface area (Å²) in [5, 5.41) is 14.5. The maximum absolute atomic E-state index is 12.9. The standard InChI is InChI=1S/C18H24FN3O3/c1-14-8-20-22(9-14)12-18-11-21(6-7-24-18)10-16(23)13-25-17-4-2-15(19)3-5-17/h2-5,8-9,16,18,23H,6-7,10-13H2,1H3. The lowest BCUT2D eigenvalue weighted by atomic mass is 10.2. The molecule has 2 aromatic rings. The molecule has 1 N–H and O–H groups in total. The lowest BCUT2D eigenvalue weighted by Gasteiger charge is -2.33. The number of aromatic nitrogens is 2. The maximum Gasteiger partial charge on any atom is 0.123 e. The Bertz CT molecular complexity index is 662. The number of hydrogen-bond acceptors (Lipinski definition) is 5. The quantitative estimate of drug-likeness (QED) is 0.820. The summed E-state index contributed by atoms with van der Waals surface area (Å²) < 4.78 is 26.0. The summed E-state index contributed by atoms with van der Waals surface area (Å²) in [4.78, 5) is 2.17. The van der Waals surface area contributed by atoms with Crippen LogP contribution in [0.2, 0.25) is 0 Å². The van der Waals surface area contributed by atoms with E-state index in [4.69, 9.17) is 9.47 Å². The Hall–Kier alpha value is -1.96. The topological polar surface area (TPSA) is 59.8 Å². The van der Waals surface area contributed by atoms with Gasteiger partial charge in [0, 0.05) is 25.8 Å². The Labute approximate surface area is 146 Å². The van der Waals surface area contributed by atoms with Gasteiger partial charge in [0.05, 0.1) is 25.5 Å². The first-order valence-corrected chi connectivity index (χ1v) is 8.48. The van der Waals surface area contributed by atoms with Gasteiger partial charge in [0.15, 0.2) is 0 Å². The normalized spacial score (nSPS) is 19.7. The molecule has 2 atom stereocenters. The Morgan fingerprint density at radius 2 is 2.20 bits per heavy atom. The van der Waals surface area contributed by atoms with Gasteiger partial charge in [-0.15, -0.1) is 0 Å². The van der Waals surface area contributed by atoms with Crippen molar-refractivity contribution in [2.75, 3.05) is 32.8 Å². The minimum Gasteiger partial charge on any atom is -0.491 e. The van der Waals surface area contributed by atoms with Crippen LogP contribution >= 0.6 is 0 Å². The van der Waals surface area contributed by atoms with Crippen molar-refractivity contribution in [1.82, 2.24) is 14.7 Å². The molecule has 0 bridgehead atoms. The maximum atomic E-state index is 12.9. The first kappa shape index (κ1) is 17.8. The molecule has 1 saturated heterocycles. The number of aliphatic hydroxyl groups excluding tert-OH is 1. The highest BCUT2D eigenvalue weighted by Crippen LogP contribution is 2.12. The van der Waals surface area contributed by atoms with Crippen LogP contribution in [0.5, 0.6) is 5.75 Å². The largest absolute Gasteiger partial charge is 0.491 e. The van der Waals surface area contributed by atoms with Gasteiger partial charge in [0.1, 0.15) is 24.3 Å². The van der Waals surface area contributed by atoms with E-state index in [1.165, 1.54) is 12.1 Å². The van der Waals surface area contributed by atoms with Crippen molar-refractivity contribution in [3.05, 3.63) is 48.0 Å². The molecule has 2 unspecified atom stereocenters. The third-order valence-electron chi connectivity index (χ3n) is 4.10. The zero-order chi connectivity index (χ0) is 17.6. The summed E-state index contributed by atoms with van der Waals surface area (Å²) in [5.74, 6) is 0.244. The number of halogens is 1. The van der Waals surface area contributed by atoms with E-state index in [-0.39, 0.29) is 18.5 Å². The van der Waals surface area contributed by atoms with Gasteiger partial charge in [0.25, 0.3) is 0 Å². The summed E-state index contributed by atoms with van der Waals surface area (Å²) in [7, 11) is 0. The van der Waals surface area contributed by atoms with Crippen LogP contribution in [0.15, 0.2) is 36.7 Å². The van der Waals surface area contributed by atoms with Crippen molar-refractivity contribution in [2.45, 2.75) is 25.7 Å². The third kappa shape index (κ3) is 5.52. The molecular weight excluding hydrogens is 325 g/mol. The van der Waals surface area contributed by atoms with Crippen molar-refractivity contribution < 1.29 is 19.0 Å². The molecule has 25 heavy (non-hydrogen) atoms. The lowest BCUT2D eigenvalue weighted by Crippen LogP contribution is -2.47. The van der Waals surface area contributed by atoms with Crippen LogP contribution in [0.4, 0.5) is 4.39 Å². The van der Waals surface area contributed by atoms with Crippen LogP contribution in [0.1, 0.15) is 5.56 Å². The second-order valence-corrected chi connectivity index (χ2v) is 6.41. The highest BCUT2D eigenvalue weighted by molar-refractivity contribution is 5.22. The van der Waals surface area contributed by atoms with Gasteiger partial charge < -0.3 is 14.6 Å². The second-order valence-electron chi connectivity index (χ2n) is 6.41. The Morgan fingerprint density at radius 1 is 1.40 bits per heavy atom. The Kier molecular flexibility index (Phi) is 6.01. The number of aliphatic hydroxyl groups is 1. The van der Waals surface area contributed by atoms with Crippen molar-refractivity contribution in [2.24, 2.45) is 0 Å². The average Bonchev–Trinajstić information content (AvgIpc) is 2.99. The monoisotopic (exact) mass is 349 g/mol. The van der Waals surface area contributed by atoms with Crippen LogP contribution in [0.25, 0.3) is 0 Å². The van der Waals surface area contributed by atoms with Crippen molar-refractivity contribution in [3.63, 3.8) is 0 Å². The third-order valence-corrected chi connectivity index (χ3v) is 4.10. The van der Waals surface area contributed by atoms with Crippen LogP contribution in [-0.2, 0) is 11.3 Å². The predicted octanol–water partition coefficient (Wildman–Crippen LogP) is 1.47. The van der Waals surface area contributed by atoms with Crippen LogP contribution < -0.4 is 4.74 Å². The molecule has 1 fully saturated rings. The summed E-state index contributed by atoms with van der Waals surface area (Å²) in [6.45, 7) is 5.55. The van der Waals surface area contributed by atoms with E-state index in [9.17, 15) is 9.50 Å². The highest BCUT2D eigenvalue weighted by atomic mass is 19.1. The fourth-order valence-corrected chi connectivity index (χ4v) is 2.91. The summed E-state index contributed by atoms with van der Waals surface area (Å²) in [6.07, 6.45) is 3.26. The van der Waals surface area contributed by atoms with Crippen molar-refractivity contribution >= 4 is 0 Å². The minimum atomic E-state index is -0.615. The van der Waals surface area contributed by atoms with Crippen LogP contribution in [0, 0.1) is 12.7 Å². The van der Waals surface area contributed by atoms with E-state index in [1.54, 1.807) is 12.1 Å². The number of β-amino-alcohol motifs (C(OH)–C–C–N with tert-alkyl or cyclic N) is 1.